The Morgan fingerprint density at radius 2 is 1.59 bits per heavy atom. The van der Waals surface area contributed by atoms with Gasteiger partial charge in [-0.3, -0.25) is 9.59 Å². The second-order valence-corrected chi connectivity index (χ2v) is 6.80. The highest BCUT2D eigenvalue weighted by Gasteiger charge is 2.30. The number of nitrogens with one attached hydrogen (secondary N) is 1. The van der Waals surface area contributed by atoms with Gasteiger partial charge in [-0.2, -0.15) is 0 Å². The third-order valence-corrected chi connectivity index (χ3v) is 4.73. The van der Waals surface area contributed by atoms with Crippen LogP contribution in [0.3, 0.4) is 0 Å². The Labute approximate surface area is 167 Å². The molecule has 150 valence electrons. The number of aliphatic carboxylic acids is 1. The summed E-state index contributed by atoms with van der Waals surface area (Å²) < 4.78 is 4.89. The molecule has 7 nitrogen and oxygen atoms in total. The first kappa shape index (κ1) is 20.3. The Balaban J connectivity index is 1.99. The number of amides is 1. The van der Waals surface area contributed by atoms with Crippen molar-refractivity contribution in [1.29, 1.82) is 0 Å². The van der Waals surface area contributed by atoms with Gasteiger partial charge in [0.2, 0.25) is 0 Å². The predicted molar refractivity (Wildman–Crippen MR) is 109 cm³/mol. The van der Waals surface area contributed by atoms with E-state index in [9.17, 15) is 19.5 Å². The summed E-state index contributed by atoms with van der Waals surface area (Å²) in [6.07, 6.45) is -0.108. The molecule has 2 aromatic carbocycles. The lowest BCUT2D eigenvalue weighted by Crippen LogP contribution is -2.46. The van der Waals surface area contributed by atoms with Gasteiger partial charge in [0.1, 0.15) is 6.04 Å². The largest absolute Gasteiger partial charge is 0.480 e. The molecule has 2 atom stereocenters. The first-order valence-electron chi connectivity index (χ1n) is 9.39. The topological polar surface area (TPSA) is 106 Å². The number of carbonyl (C=O) groups excluding carboxylic acids is 2. The molecule has 0 saturated carbocycles. The summed E-state index contributed by atoms with van der Waals surface area (Å²) >= 11 is 0. The number of carboxylic acid groups (broad SMARTS) is 1. The van der Waals surface area contributed by atoms with Crippen LogP contribution in [-0.4, -0.2) is 40.6 Å². The molecule has 1 amide bonds. The molecule has 0 aliphatic carbocycles. The van der Waals surface area contributed by atoms with Crippen LogP contribution in [0.5, 0.6) is 0 Å². The first-order chi connectivity index (χ1) is 13.9. The van der Waals surface area contributed by atoms with E-state index in [4.69, 9.17) is 4.74 Å². The number of nitrogens with zero attached hydrogens (tertiary/aromatic N) is 1. The molecule has 3 aromatic rings. The van der Waals surface area contributed by atoms with Crippen molar-refractivity contribution < 1.29 is 24.2 Å². The minimum Gasteiger partial charge on any atom is -0.480 e. The molecule has 1 heterocycles. The molecule has 0 saturated heterocycles. The Morgan fingerprint density at radius 3 is 2.10 bits per heavy atom. The average Bonchev–Trinajstić information content (AvgIpc) is 2.69. The molecule has 0 radical (unpaired) electrons. The van der Waals surface area contributed by atoms with E-state index in [0.29, 0.717) is 27.4 Å². The van der Waals surface area contributed by atoms with E-state index in [-0.39, 0.29) is 13.0 Å². The molecule has 0 unspecified atom stereocenters. The number of aromatic nitrogens is 1. The van der Waals surface area contributed by atoms with Crippen molar-refractivity contribution in [2.75, 3.05) is 6.61 Å². The van der Waals surface area contributed by atoms with Gasteiger partial charge >= 0.3 is 11.9 Å². The highest BCUT2D eigenvalue weighted by Crippen LogP contribution is 2.26. The molecule has 3 rings (SSSR count). The van der Waals surface area contributed by atoms with Crippen LogP contribution in [0.2, 0.25) is 0 Å². The van der Waals surface area contributed by atoms with Crippen LogP contribution in [0.1, 0.15) is 30.6 Å². The molecule has 0 bridgehead atoms. The lowest BCUT2D eigenvalue weighted by molar-refractivity contribution is -0.145. The quantitative estimate of drug-likeness (QED) is 0.471. The molecule has 29 heavy (non-hydrogen) atoms. The minimum atomic E-state index is -1.24. The molecular formula is C22H22N2O5. The van der Waals surface area contributed by atoms with E-state index in [1.165, 1.54) is 0 Å². The zero-order valence-electron chi connectivity index (χ0n) is 16.2. The van der Waals surface area contributed by atoms with Crippen molar-refractivity contribution in [3.8, 4) is 0 Å². The number of para-hydroxylation sites is 2. The monoisotopic (exact) mass is 394 g/mol. The number of pyridine rings is 1. The summed E-state index contributed by atoms with van der Waals surface area (Å²) in [6, 6.07) is 13.2. The van der Waals surface area contributed by atoms with E-state index in [0.717, 1.165) is 0 Å². The number of esters is 1. The summed E-state index contributed by atoms with van der Waals surface area (Å²) in [5.41, 5.74) is 1.64. The highest BCUT2D eigenvalue weighted by atomic mass is 16.5. The summed E-state index contributed by atoms with van der Waals surface area (Å²) in [6.45, 7) is 3.49. The molecular weight excluding hydrogens is 372 g/mol. The molecule has 7 heteroatoms. The van der Waals surface area contributed by atoms with Gasteiger partial charge in [0.15, 0.2) is 0 Å². The van der Waals surface area contributed by atoms with Crippen molar-refractivity contribution in [2.24, 2.45) is 5.92 Å². The van der Waals surface area contributed by atoms with Crippen molar-refractivity contribution in [3.05, 3.63) is 54.1 Å². The zero-order chi connectivity index (χ0) is 21.0. The molecule has 1 aromatic heterocycles. The number of rotatable bonds is 7. The van der Waals surface area contributed by atoms with Crippen molar-refractivity contribution >= 4 is 39.7 Å². The van der Waals surface area contributed by atoms with E-state index < -0.39 is 29.8 Å². The number of hydrogen-bond donors (Lipinski definition) is 2. The van der Waals surface area contributed by atoms with Gasteiger partial charge in [-0.25, -0.2) is 9.78 Å². The van der Waals surface area contributed by atoms with Crippen LogP contribution < -0.4 is 5.32 Å². The van der Waals surface area contributed by atoms with Crippen LogP contribution in [0, 0.1) is 5.92 Å². The minimum absolute atomic E-state index is 0.108. The maximum atomic E-state index is 13.2. The van der Waals surface area contributed by atoms with E-state index in [1.54, 1.807) is 50.2 Å². The lowest BCUT2D eigenvalue weighted by Gasteiger charge is -2.21. The lowest BCUT2D eigenvalue weighted by atomic mass is 9.96. The second-order valence-electron chi connectivity index (χ2n) is 6.80. The number of hydrogen-bond acceptors (Lipinski definition) is 5. The number of carboxylic acids is 1. The normalized spacial score (nSPS) is 13.0. The second kappa shape index (κ2) is 8.68. The third kappa shape index (κ3) is 4.34. The van der Waals surface area contributed by atoms with Crippen molar-refractivity contribution in [1.82, 2.24) is 10.3 Å². The number of benzene rings is 2. The van der Waals surface area contributed by atoms with Crippen LogP contribution in [0.25, 0.3) is 21.8 Å². The Hall–Kier alpha value is -3.48. The van der Waals surface area contributed by atoms with Crippen LogP contribution >= 0.6 is 0 Å². The third-order valence-electron chi connectivity index (χ3n) is 4.73. The van der Waals surface area contributed by atoms with E-state index >= 15 is 0 Å². The Morgan fingerprint density at radius 1 is 1.03 bits per heavy atom. The summed E-state index contributed by atoms with van der Waals surface area (Å²) in [4.78, 5) is 41.3. The summed E-state index contributed by atoms with van der Waals surface area (Å²) in [7, 11) is 0. The maximum Gasteiger partial charge on any atom is 0.326 e. The smallest absolute Gasteiger partial charge is 0.326 e. The van der Waals surface area contributed by atoms with Crippen molar-refractivity contribution in [2.45, 2.75) is 26.3 Å². The zero-order valence-corrected chi connectivity index (χ0v) is 16.2. The molecule has 0 aliphatic heterocycles. The molecule has 0 spiro atoms. The fourth-order valence-corrected chi connectivity index (χ4v) is 3.35. The van der Waals surface area contributed by atoms with Gasteiger partial charge in [0.25, 0.3) is 5.91 Å². The van der Waals surface area contributed by atoms with Gasteiger partial charge in [0, 0.05) is 10.8 Å². The maximum absolute atomic E-state index is 13.2. The highest BCUT2D eigenvalue weighted by molar-refractivity contribution is 6.16. The average molecular weight is 394 g/mol. The van der Waals surface area contributed by atoms with Gasteiger partial charge in [-0.1, -0.05) is 43.3 Å². The van der Waals surface area contributed by atoms with Crippen LogP contribution in [-0.2, 0) is 14.3 Å². The summed E-state index contributed by atoms with van der Waals surface area (Å²) in [5, 5.41) is 13.5. The van der Waals surface area contributed by atoms with Gasteiger partial charge in [0.05, 0.1) is 29.6 Å². The van der Waals surface area contributed by atoms with Gasteiger partial charge in [-0.15, -0.1) is 0 Å². The number of ether oxygens (including phenoxy) is 1. The fraction of sp³-hybridized carbons (Fsp3) is 0.273. The van der Waals surface area contributed by atoms with E-state index in [1.807, 2.05) is 12.1 Å². The van der Waals surface area contributed by atoms with Crippen molar-refractivity contribution in [3.63, 3.8) is 0 Å². The molecule has 0 aliphatic rings. The number of carbonyl (C=O) groups is 3. The van der Waals surface area contributed by atoms with Crippen LogP contribution in [0.15, 0.2) is 48.5 Å². The van der Waals surface area contributed by atoms with E-state index in [2.05, 4.69) is 10.3 Å². The summed E-state index contributed by atoms with van der Waals surface area (Å²) in [5.74, 6) is -2.88. The SMILES string of the molecule is CCOC(=O)C[C@@H](C)[C@H](NC(=O)c1c2ccccc2nc2ccccc12)C(=O)O. The number of fused-ring (bicyclic) bond motifs is 2. The molecule has 2 N–H and O–H groups in total. The fourth-order valence-electron chi connectivity index (χ4n) is 3.35. The Kier molecular flexibility index (Phi) is 6.07. The van der Waals surface area contributed by atoms with Crippen LogP contribution in [0.4, 0.5) is 0 Å². The first-order valence-corrected chi connectivity index (χ1v) is 9.39. The van der Waals surface area contributed by atoms with Gasteiger partial charge < -0.3 is 15.2 Å². The Bertz CT molecular complexity index is 1030. The predicted octanol–water partition coefficient (Wildman–Crippen LogP) is 3.16. The molecule has 0 fully saturated rings. The van der Waals surface area contributed by atoms with Gasteiger partial charge in [-0.05, 0) is 25.0 Å². The standard InChI is InChI=1S/C22H22N2O5/c1-3-29-18(25)12-13(2)20(22(27)28)24-21(26)19-14-8-4-6-10-16(14)23-17-11-7-5-9-15(17)19/h4-11,13,20H,3,12H2,1-2H3,(H,24,26)(H,27,28)/t13-,20+/m1/s1.